The Morgan fingerprint density at radius 2 is 0.713 bits per heavy atom. The average Bonchev–Trinajstić information content (AvgIpc) is 3.42. The average molecular weight is 1140 g/mol. The van der Waals surface area contributed by atoms with Crippen LogP contribution in [0.4, 0.5) is 0 Å². The van der Waals surface area contributed by atoms with E-state index in [2.05, 4.69) is 135 Å². The highest BCUT2D eigenvalue weighted by atomic mass is 31.2. The van der Waals surface area contributed by atoms with Gasteiger partial charge in [-0.05, 0) is 109 Å². The fourth-order valence-electron chi connectivity index (χ4n) is 8.53. The van der Waals surface area contributed by atoms with Crippen molar-refractivity contribution in [3.63, 3.8) is 0 Å². The Kier molecular flexibility index (Phi) is 57.3. The maximum absolute atomic E-state index is 12.8. The number of quaternary nitrogens is 1. The fraction of sp³-hybridized carbons (Fsp3) is 0.686. The van der Waals surface area contributed by atoms with E-state index in [9.17, 15) is 19.0 Å². The van der Waals surface area contributed by atoms with E-state index in [-0.39, 0.29) is 32.0 Å². The van der Waals surface area contributed by atoms with Crippen molar-refractivity contribution in [3.8, 4) is 0 Å². The van der Waals surface area contributed by atoms with Crippen LogP contribution in [0, 0.1) is 0 Å². The SMILES string of the molecule is CC/C=C\C/C=C\C/C=C\C/C=C\C/C=C\C/C=C\C/C=C\C/C=C\C/C=C\CCCCCCCCCC(=O)OC(COC(=O)CCCCCCCCCCC/C=C\CCCCCCCCCC)COP(=O)(O)OCC[N+](C)(C)C. The topological polar surface area (TPSA) is 108 Å². The van der Waals surface area contributed by atoms with Gasteiger partial charge in [0.15, 0.2) is 6.10 Å². The van der Waals surface area contributed by atoms with Crippen LogP contribution in [-0.4, -0.2) is 74.9 Å². The Morgan fingerprint density at radius 3 is 1.07 bits per heavy atom. The number of nitrogens with zero attached hydrogens (tertiary/aromatic N) is 1. The molecule has 0 saturated heterocycles. The molecule has 0 aliphatic heterocycles. The molecule has 2 atom stereocenters. The van der Waals surface area contributed by atoms with Crippen LogP contribution in [0.2, 0.25) is 0 Å². The highest BCUT2D eigenvalue weighted by molar-refractivity contribution is 7.47. The number of esters is 2. The summed E-state index contributed by atoms with van der Waals surface area (Å²) in [6.07, 6.45) is 85.6. The van der Waals surface area contributed by atoms with E-state index in [1.165, 1.54) is 122 Å². The van der Waals surface area contributed by atoms with E-state index in [4.69, 9.17) is 18.5 Å². The van der Waals surface area contributed by atoms with E-state index in [1.54, 1.807) is 0 Å². The second-order valence-corrected chi connectivity index (χ2v) is 23.9. The zero-order valence-electron chi connectivity index (χ0n) is 52.0. The predicted octanol–water partition coefficient (Wildman–Crippen LogP) is 20.7. The van der Waals surface area contributed by atoms with Crippen LogP contribution in [0.5, 0.6) is 0 Å². The summed E-state index contributed by atoms with van der Waals surface area (Å²) >= 11 is 0. The van der Waals surface area contributed by atoms with Gasteiger partial charge in [-0.2, -0.15) is 0 Å². The summed E-state index contributed by atoms with van der Waals surface area (Å²) in [4.78, 5) is 35.8. The largest absolute Gasteiger partial charge is 0.472 e. The number of rotatable bonds is 58. The quantitative estimate of drug-likeness (QED) is 0.0211. The first-order valence-corrected chi connectivity index (χ1v) is 33.8. The van der Waals surface area contributed by atoms with Crippen LogP contribution >= 0.6 is 7.82 Å². The lowest BCUT2D eigenvalue weighted by molar-refractivity contribution is -0.870. The van der Waals surface area contributed by atoms with Crippen molar-refractivity contribution in [2.45, 2.75) is 264 Å². The Labute approximate surface area is 492 Å². The summed E-state index contributed by atoms with van der Waals surface area (Å²) in [5, 5.41) is 0. The van der Waals surface area contributed by atoms with E-state index >= 15 is 0 Å². The summed E-state index contributed by atoms with van der Waals surface area (Å²) < 4.78 is 34.6. The van der Waals surface area contributed by atoms with Gasteiger partial charge in [-0.3, -0.25) is 18.6 Å². The molecule has 0 heterocycles. The molecule has 0 aliphatic rings. The summed E-state index contributed by atoms with van der Waals surface area (Å²) in [7, 11) is 1.46. The molecule has 0 bridgehead atoms. The number of allylic oxidation sites excluding steroid dienone is 20. The van der Waals surface area contributed by atoms with Gasteiger partial charge in [0.05, 0.1) is 27.7 Å². The zero-order valence-corrected chi connectivity index (χ0v) is 52.9. The number of hydrogen-bond acceptors (Lipinski definition) is 7. The van der Waals surface area contributed by atoms with Crippen LogP contribution in [0.15, 0.2) is 122 Å². The van der Waals surface area contributed by atoms with Crippen LogP contribution < -0.4 is 0 Å². The molecule has 0 fully saturated rings. The molecular weight excluding hydrogens is 1010 g/mol. The number of carbonyl (C=O) groups is 2. The number of carbonyl (C=O) groups excluding carboxylic acids is 2. The molecule has 9 nitrogen and oxygen atoms in total. The van der Waals surface area contributed by atoms with E-state index in [0.717, 1.165) is 103 Å². The second kappa shape index (κ2) is 60.0. The minimum atomic E-state index is -4.40. The minimum Gasteiger partial charge on any atom is -0.462 e. The van der Waals surface area contributed by atoms with Crippen molar-refractivity contribution in [1.82, 2.24) is 0 Å². The van der Waals surface area contributed by atoms with Crippen molar-refractivity contribution in [2.75, 3.05) is 47.5 Å². The molecule has 458 valence electrons. The Balaban J connectivity index is 4.17. The molecule has 0 spiro atoms. The van der Waals surface area contributed by atoms with Gasteiger partial charge in [-0.25, -0.2) is 4.57 Å². The molecule has 0 aliphatic carbocycles. The number of phosphoric acid groups is 1. The maximum Gasteiger partial charge on any atom is 0.472 e. The molecule has 2 unspecified atom stereocenters. The van der Waals surface area contributed by atoms with Gasteiger partial charge in [-0.15, -0.1) is 0 Å². The number of unbranched alkanes of at least 4 members (excludes halogenated alkanes) is 24. The Hall–Kier alpha value is -3.59. The summed E-state index contributed by atoms with van der Waals surface area (Å²) in [5.41, 5.74) is 0. The van der Waals surface area contributed by atoms with E-state index in [0.29, 0.717) is 17.4 Å². The van der Waals surface area contributed by atoms with Gasteiger partial charge in [0.2, 0.25) is 0 Å². The molecule has 0 amide bonds. The lowest BCUT2D eigenvalue weighted by atomic mass is 10.1. The van der Waals surface area contributed by atoms with Crippen molar-refractivity contribution in [2.24, 2.45) is 0 Å². The fourth-order valence-corrected chi connectivity index (χ4v) is 9.27. The van der Waals surface area contributed by atoms with Crippen molar-refractivity contribution in [3.05, 3.63) is 122 Å². The molecule has 1 N–H and O–H groups in total. The normalized spacial score (nSPS) is 14.0. The molecule has 0 aromatic rings. The second-order valence-electron chi connectivity index (χ2n) is 22.4. The van der Waals surface area contributed by atoms with Gasteiger partial charge >= 0.3 is 19.8 Å². The zero-order chi connectivity index (χ0) is 58.4. The number of ether oxygens (including phenoxy) is 2. The van der Waals surface area contributed by atoms with Gasteiger partial charge in [0.1, 0.15) is 19.8 Å². The van der Waals surface area contributed by atoms with Gasteiger partial charge in [-0.1, -0.05) is 257 Å². The van der Waals surface area contributed by atoms with Crippen LogP contribution in [0.1, 0.15) is 258 Å². The Morgan fingerprint density at radius 1 is 0.400 bits per heavy atom. The molecule has 0 aromatic carbocycles. The monoisotopic (exact) mass is 1130 g/mol. The van der Waals surface area contributed by atoms with Crippen molar-refractivity contribution >= 4 is 19.8 Å². The molecule has 0 aromatic heterocycles. The van der Waals surface area contributed by atoms with Gasteiger partial charge < -0.3 is 18.9 Å². The molecule has 10 heteroatoms. The summed E-state index contributed by atoms with van der Waals surface area (Å²) in [6.45, 7) is 4.31. The third kappa shape index (κ3) is 63.6. The van der Waals surface area contributed by atoms with Crippen LogP contribution in [-0.2, 0) is 32.7 Å². The van der Waals surface area contributed by atoms with Gasteiger partial charge in [0, 0.05) is 12.8 Å². The van der Waals surface area contributed by atoms with Crippen molar-refractivity contribution < 1.29 is 42.1 Å². The molecular formula is C70H121NO8P+. The lowest BCUT2D eigenvalue weighted by Crippen LogP contribution is -2.37. The highest BCUT2D eigenvalue weighted by Crippen LogP contribution is 2.43. The summed E-state index contributed by atoms with van der Waals surface area (Å²) in [6, 6.07) is 0. The number of phosphoric ester groups is 1. The molecule has 80 heavy (non-hydrogen) atoms. The summed E-state index contributed by atoms with van der Waals surface area (Å²) in [5.74, 6) is -0.815. The first-order chi connectivity index (χ1) is 39.0. The number of likely N-dealkylation sites (N-methyl/N-ethyl adjacent to an activating group) is 1. The number of hydrogen-bond donors (Lipinski definition) is 1. The van der Waals surface area contributed by atoms with Crippen molar-refractivity contribution in [1.29, 1.82) is 0 Å². The third-order valence-electron chi connectivity index (χ3n) is 13.5. The van der Waals surface area contributed by atoms with Crippen LogP contribution in [0.3, 0.4) is 0 Å². The standard InChI is InChI=1S/C70H120NO8P/c1-6-8-10-12-14-16-18-20-22-24-26-28-29-30-31-32-33-34-35-36-37-38-39-40-41-43-45-47-49-51-53-55-57-59-61-63-70(73)79-68(67-78-80(74,75)77-65-64-71(3,4)5)66-76-69(72)62-60-58-56-54-52-50-48-46-44-42-27-25-23-21-19-17-15-13-11-9-7-2/h8,10,14,16,20,22,25-28,30-31,33-34,36-37,39-40,43,45,68H,6-7,9,11-13,15,17-19,21,23-24,29,32,35,38,41-42,44,46-67H2,1-5H3/p+1/b10-8-,16-14-,22-20-,27-25-,28-26-,31-30-,34-33-,37-36-,40-39-,45-43-. The predicted molar refractivity (Wildman–Crippen MR) is 344 cm³/mol. The first kappa shape index (κ1) is 76.4. The molecule has 0 radical (unpaired) electrons. The van der Waals surface area contributed by atoms with E-state index < -0.39 is 26.5 Å². The van der Waals surface area contributed by atoms with Gasteiger partial charge in [0.25, 0.3) is 0 Å². The van der Waals surface area contributed by atoms with Crippen LogP contribution in [0.25, 0.3) is 0 Å². The highest BCUT2D eigenvalue weighted by Gasteiger charge is 2.27. The minimum absolute atomic E-state index is 0.0235. The molecule has 0 saturated carbocycles. The first-order valence-electron chi connectivity index (χ1n) is 32.3. The lowest BCUT2D eigenvalue weighted by Gasteiger charge is -2.24. The Bertz CT molecular complexity index is 1760. The van der Waals surface area contributed by atoms with E-state index in [1.807, 2.05) is 21.1 Å². The maximum atomic E-state index is 12.8. The molecule has 0 rings (SSSR count). The smallest absolute Gasteiger partial charge is 0.462 e. The third-order valence-corrected chi connectivity index (χ3v) is 14.5.